The number of nitrogens with one attached hydrogen (secondary N) is 2. The molecule has 1 aromatic heterocycles. The molecule has 0 radical (unpaired) electrons. The number of pyridine rings is 1. The first-order valence-electron chi connectivity index (χ1n) is 12.1. The van der Waals surface area contributed by atoms with Crippen molar-refractivity contribution in [3.05, 3.63) is 83.6 Å². The van der Waals surface area contributed by atoms with Crippen molar-refractivity contribution < 1.29 is 28.2 Å². The highest BCUT2D eigenvalue weighted by Gasteiger charge is 2.43. The number of amides is 3. The third-order valence-corrected chi connectivity index (χ3v) is 6.82. The first kappa shape index (κ1) is 24.5. The summed E-state index contributed by atoms with van der Waals surface area (Å²) >= 11 is 0. The van der Waals surface area contributed by atoms with Crippen LogP contribution in [0.25, 0.3) is 0 Å². The van der Waals surface area contributed by atoms with Gasteiger partial charge in [-0.2, -0.15) is 0 Å². The van der Waals surface area contributed by atoms with Crippen molar-refractivity contribution in [2.45, 2.75) is 50.4 Å². The first-order chi connectivity index (χ1) is 17.9. The Morgan fingerprint density at radius 1 is 1.03 bits per heavy atom. The number of piperidine rings is 1. The first-order valence-corrected chi connectivity index (χ1v) is 12.1. The monoisotopic (exact) mass is 508 g/mol. The molecule has 10 heteroatoms. The Hall–Kier alpha value is -4.21. The van der Waals surface area contributed by atoms with Crippen LogP contribution in [0, 0.1) is 11.6 Å². The quantitative estimate of drug-likeness (QED) is 0.455. The standard InChI is InChI=1S/C27H26F2N4O4/c28-17-5-9-22(10-6-17)37-26-23(11-18(29)15-30-26)25(35)32-19-12-20-7-8-21(13-19)33(20)27(36)31-14-16-3-1-2-4-24(16)34/h1-6,9-11,15,19-21,34H,7-8,12-14H2,(H,31,36)(H,32,35). The number of fused-ring (bicyclic) bond motifs is 2. The summed E-state index contributed by atoms with van der Waals surface area (Å²) in [5, 5.41) is 15.8. The maximum Gasteiger partial charge on any atom is 0.318 e. The summed E-state index contributed by atoms with van der Waals surface area (Å²) in [6.45, 7) is 0.213. The molecular weight excluding hydrogens is 482 g/mol. The van der Waals surface area contributed by atoms with Gasteiger partial charge in [-0.1, -0.05) is 18.2 Å². The normalized spacial score (nSPS) is 20.4. The van der Waals surface area contributed by atoms with Gasteiger partial charge in [0.05, 0.1) is 6.20 Å². The topological polar surface area (TPSA) is 104 Å². The maximum absolute atomic E-state index is 14.0. The molecule has 3 amide bonds. The van der Waals surface area contributed by atoms with Crippen molar-refractivity contribution in [2.24, 2.45) is 0 Å². The molecule has 2 aliphatic rings. The van der Waals surface area contributed by atoms with Gasteiger partial charge >= 0.3 is 6.03 Å². The molecule has 0 aliphatic carbocycles. The fourth-order valence-corrected chi connectivity index (χ4v) is 5.10. The molecule has 5 rings (SSSR count). The summed E-state index contributed by atoms with van der Waals surface area (Å²) in [5.74, 6) is -1.36. The number of aromatic nitrogens is 1. The highest BCUT2D eigenvalue weighted by atomic mass is 19.1. The highest BCUT2D eigenvalue weighted by molar-refractivity contribution is 5.96. The Balaban J connectivity index is 1.22. The average Bonchev–Trinajstić information content (AvgIpc) is 3.16. The molecule has 2 saturated heterocycles. The highest BCUT2D eigenvalue weighted by Crippen LogP contribution is 2.36. The second-order valence-corrected chi connectivity index (χ2v) is 9.28. The Kier molecular flexibility index (Phi) is 6.89. The lowest BCUT2D eigenvalue weighted by atomic mass is 9.97. The molecule has 2 aromatic carbocycles. The number of phenols is 1. The molecule has 8 nitrogen and oxygen atoms in total. The number of para-hydroxylation sites is 1. The van der Waals surface area contributed by atoms with Gasteiger partial charge in [0.2, 0.25) is 5.88 Å². The van der Waals surface area contributed by atoms with Gasteiger partial charge in [0.1, 0.15) is 28.7 Å². The number of ether oxygens (including phenoxy) is 1. The molecule has 0 spiro atoms. The molecule has 192 valence electrons. The number of hydrogen-bond acceptors (Lipinski definition) is 5. The number of urea groups is 1. The number of nitrogens with zero attached hydrogens (tertiary/aromatic N) is 2. The van der Waals surface area contributed by atoms with Crippen molar-refractivity contribution in [3.63, 3.8) is 0 Å². The number of phenolic OH excluding ortho intramolecular Hbond substituents is 1. The summed E-state index contributed by atoms with van der Waals surface area (Å²) < 4.78 is 32.8. The van der Waals surface area contributed by atoms with E-state index >= 15 is 0 Å². The van der Waals surface area contributed by atoms with Crippen LogP contribution in [0.3, 0.4) is 0 Å². The van der Waals surface area contributed by atoms with E-state index < -0.39 is 17.5 Å². The van der Waals surface area contributed by atoms with Crippen molar-refractivity contribution in [1.82, 2.24) is 20.5 Å². The second-order valence-electron chi connectivity index (χ2n) is 9.28. The van der Waals surface area contributed by atoms with Gasteiger partial charge in [-0.15, -0.1) is 0 Å². The van der Waals surface area contributed by atoms with Gasteiger partial charge in [-0.3, -0.25) is 4.79 Å². The largest absolute Gasteiger partial charge is 0.508 e. The van der Waals surface area contributed by atoms with E-state index in [9.17, 15) is 23.5 Å². The van der Waals surface area contributed by atoms with Crippen LogP contribution in [0.15, 0.2) is 60.8 Å². The second kappa shape index (κ2) is 10.4. The minimum atomic E-state index is -0.687. The van der Waals surface area contributed by atoms with E-state index in [0.29, 0.717) is 18.4 Å². The molecule has 2 aliphatic heterocycles. The Bertz CT molecular complexity index is 1290. The third kappa shape index (κ3) is 5.47. The van der Waals surface area contributed by atoms with Crippen LogP contribution in [-0.4, -0.2) is 45.1 Å². The number of hydrogen-bond donors (Lipinski definition) is 3. The van der Waals surface area contributed by atoms with E-state index in [-0.39, 0.29) is 53.6 Å². The van der Waals surface area contributed by atoms with Gasteiger partial charge in [0.15, 0.2) is 0 Å². The van der Waals surface area contributed by atoms with Crippen molar-refractivity contribution in [3.8, 4) is 17.4 Å². The van der Waals surface area contributed by atoms with E-state index in [1.165, 1.54) is 24.3 Å². The third-order valence-electron chi connectivity index (χ3n) is 6.82. The van der Waals surface area contributed by atoms with E-state index in [0.717, 1.165) is 25.1 Å². The van der Waals surface area contributed by atoms with Gasteiger partial charge in [-0.05, 0) is 62.1 Å². The molecule has 0 saturated carbocycles. The summed E-state index contributed by atoms with van der Waals surface area (Å²) in [4.78, 5) is 31.8. The van der Waals surface area contributed by atoms with Crippen molar-refractivity contribution in [2.75, 3.05) is 0 Å². The maximum atomic E-state index is 14.0. The van der Waals surface area contributed by atoms with Gasteiger partial charge in [-0.25, -0.2) is 18.6 Å². The van der Waals surface area contributed by atoms with E-state index in [1.807, 2.05) is 4.90 Å². The zero-order chi connectivity index (χ0) is 25.9. The van der Waals surface area contributed by atoms with E-state index in [2.05, 4.69) is 15.6 Å². The zero-order valence-corrected chi connectivity index (χ0v) is 19.9. The van der Waals surface area contributed by atoms with Gasteiger partial charge in [0, 0.05) is 30.2 Å². The zero-order valence-electron chi connectivity index (χ0n) is 19.9. The van der Waals surface area contributed by atoms with Crippen LogP contribution < -0.4 is 15.4 Å². The fraction of sp³-hybridized carbons (Fsp3) is 0.296. The molecule has 37 heavy (non-hydrogen) atoms. The van der Waals surface area contributed by atoms with E-state index in [4.69, 9.17) is 4.74 Å². The lowest BCUT2D eigenvalue weighted by molar-refractivity contribution is 0.0881. The average molecular weight is 509 g/mol. The fourth-order valence-electron chi connectivity index (χ4n) is 5.10. The van der Waals surface area contributed by atoms with Crippen LogP contribution in [0.1, 0.15) is 41.6 Å². The minimum absolute atomic E-state index is 0.0472. The lowest BCUT2D eigenvalue weighted by Crippen LogP contribution is -2.55. The van der Waals surface area contributed by atoms with Crippen LogP contribution in [0.2, 0.25) is 0 Å². The van der Waals surface area contributed by atoms with Gasteiger partial charge < -0.3 is 25.4 Å². The van der Waals surface area contributed by atoms with Gasteiger partial charge in [0.25, 0.3) is 5.91 Å². The molecule has 2 unspecified atom stereocenters. The number of halogens is 2. The molecular formula is C27H26F2N4O4. The smallest absolute Gasteiger partial charge is 0.318 e. The van der Waals surface area contributed by atoms with Crippen molar-refractivity contribution >= 4 is 11.9 Å². The summed E-state index contributed by atoms with van der Waals surface area (Å²) in [7, 11) is 0. The molecule has 3 aromatic rings. The van der Waals surface area contributed by atoms with Crippen LogP contribution in [-0.2, 0) is 6.54 Å². The van der Waals surface area contributed by atoms with Crippen molar-refractivity contribution in [1.29, 1.82) is 0 Å². The predicted molar refractivity (Wildman–Crippen MR) is 130 cm³/mol. The number of carbonyl (C=O) groups is 2. The summed E-state index contributed by atoms with van der Waals surface area (Å²) in [6.07, 6.45) is 3.71. The van der Waals surface area contributed by atoms with E-state index in [1.54, 1.807) is 24.3 Å². The number of benzene rings is 2. The summed E-state index contributed by atoms with van der Waals surface area (Å²) in [6, 6.07) is 12.6. The van der Waals surface area contributed by atoms with Crippen LogP contribution in [0.5, 0.6) is 17.4 Å². The number of rotatable bonds is 6. The molecule has 3 heterocycles. The lowest BCUT2D eigenvalue weighted by Gasteiger charge is -2.39. The van der Waals surface area contributed by atoms with Crippen LogP contribution >= 0.6 is 0 Å². The molecule has 3 N–H and O–H groups in total. The molecule has 2 bridgehead atoms. The predicted octanol–water partition coefficient (Wildman–Crippen LogP) is 4.49. The summed E-state index contributed by atoms with van der Waals surface area (Å²) in [5.41, 5.74) is 0.562. The number of carbonyl (C=O) groups excluding carboxylic acids is 2. The Labute approximate surface area is 212 Å². The Morgan fingerprint density at radius 3 is 2.43 bits per heavy atom. The Morgan fingerprint density at radius 2 is 1.73 bits per heavy atom. The minimum Gasteiger partial charge on any atom is -0.508 e. The molecule has 2 atom stereocenters. The SMILES string of the molecule is O=C(NC1CC2CCC(C1)N2C(=O)NCc1ccccc1O)c1cc(F)cnc1Oc1ccc(F)cc1. The number of aromatic hydroxyl groups is 1. The van der Waals surface area contributed by atoms with Crippen LogP contribution in [0.4, 0.5) is 13.6 Å². The molecule has 2 fully saturated rings.